The Morgan fingerprint density at radius 1 is 0.827 bits per heavy atom. The van der Waals surface area contributed by atoms with Crippen molar-refractivity contribution < 1.29 is 14.4 Å². The lowest BCUT2D eigenvalue weighted by Gasteiger charge is -2.38. The molecule has 3 aromatic carbocycles. The summed E-state index contributed by atoms with van der Waals surface area (Å²) in [6.45, 7) is 4.93. The maximum Gasteiger partial charge on any atom is 0.249 e. The average Bonchev–Trinajstić information content (AvgIpc) is 3.16. The molecule has 1 unspecified atom stereocenters. The van der Waals surface area contributed by atoms with Crippen LogP contribution in [0.1, 0.15) is 37.2 Å². The second-order valence-electron chi connectivity index (χ2n) is 13.4. The monoisotopic (exact) mass is 741 g/mol. The first kappa shape index (κ1) is 35.5. The van der Waals surface area contributed by atoms with Crippen molar-refractivity contribution in [3.63, 3.8) is 0 Å². The van der Waals surface area contributed by atoms with Crippen molar-refractivity contribution in [2.75, 3.05) is 66.7 Å². The molecule has 12 nitrogen and oxygen atoms in total. The Hall–Kier alpha value is -4.91. The Balaban J connectivity index is 0.850. The molecule has 1 atom stereocenters. The van der Waals surface area contributed by atoms with Crippen molar-refractivity contribution in [2.24, 2.45) is 0 Å². The number of halogens is 2. The van der Waals surface area contributed by atoms with Crippen molar-refractivity contribution in [3.05, 3.63) is 94.6 Å². The van der Waals surface area contributed by atoms with Gasteiger partial charge in [0.1, 0.15) is 11.1 Å². The van der Waals surface area contributed by atoms with Crippen LogP contribution in [0.25, 0.3) is 0 Å². The average molecular weight is 743 g/mol. The van der Waals surface area contributed by atoms with Gasteiger partial charge in [-0.15, -0.1) is 0 Å². The van der Waals surface area contributed by atoms with Crippen molar-refractivity contribution in [2.45, 2.75) is 37.6 Å². The zero-order valence-corrected chi connectivity index (χ0v) is 30.2. The molecule has 4 aromatic rings. The zero-order chi connectivity index (χ0) is 36.0. The first-order valence-corrected chi connectivity index (χ1v) is 18.4. The Morgan fingerprint density at radius 2 is 1.58 bits per heavy atom. The first-order chi connectivity index (χ1) is 25.3. The largest absolute Gasteiger partial charge is 0.374 e. The zero-order valence-electron chi connectivity index (χ0n) is 28.7. The highest BCUT2D eigenvalue weighted by Crippen LogP contribution is 2.32. The SMILES string of the molecule is O=C1CCC(Nc2ccc(C3CCN(CC(=O)N4CCN(c5ccc(Nc6ncc(Cl)c(Nc7ccccc7)n6)c(Cl)c5)CC4)CC3)cc2)C(=O)N1. The molecular formula is C38H41Cl2N9O3. The Kier molecular flexibility index (Phi) is 11.0. The minimum absolute atomic E-state index is 0.170. The molecule has 0 spiro atoms. The molecule has 0 saturated carbocycles. The molecule has 3 amide bonds. The van der Waals surface area contributed by atoms with E-state index in [1.54, 1.807) is 6.20 Å². The van der Waals surface area contributed by atoms with Crippen molar-refractivity contribution >= 4 is 75.4 Å². The van der Waals surface area contributed by atoms with Gasteiger partial charge in [-0.05, 0) is 86.3 Å². The lowest BCUT2D eigenvalue weighted by molar-refractivity contribution is -0.134. The van der Waals surface area contributed by atoms with E-state index in [4.69, 9.17) is 23.2 Å². The number of aromatic nitrogens is 2. The van der Waals surface area contributed by atoms with Gasteiger partial charge in [-0.25, -0.2) is 4.98 Å². The molecule has 4 N–H and O–H groups in total. The molecule has 0 radical (unpaired) electrons. The lowest BCUT2D eigenvalue weighted by atomic mass is 9.89. The molecule has 0 aliphatic carbocycles. The van der Waals surface area contributed by atoms with Crippen LogP contribution in [0.15, 0.2) is 79.0 Å². The number of para-hydroxylation sites is 1. The van der Waals surface area contributed by atoms with E-state index in [1.165, 1.54) is 5.56 Å². The van der Waals surface area contributed by atoms with Crippen LogP contribution in [0.3, 0.4) is 0 Å². The standard InChI is InChI=1S/C38H41Cl2N9O3/c39-30-22-29(10-11-32(30)44-38-41-23-31(40)36(46-38)43-27-4-2-1-3-5-27)48-18-20-49(21-19-48)35(51)24-47-16-14-26(15-17-47)25-6-8-28(9-7-25)42-33-12-13-34(50)45-37(33)52/h1-11,22-23,26,33,42H,12-21,24H2,(H,45,50,52)(H2,41,43,44,46). The number of amides is 3. The van der Waals surface area contributed by atoms with E-state index in [1.807, 2.05) is 65.6 Å². The Labute approximate surface area is 312 Å². The molecule has 7 rings (SSSR count). The topological polar surface area (TPSA) is 135 Å². The predicted octanol–water partition coefficient (Wildman–Crippen LogP) is 6.02. The molecule has 3 aliphatic rings. The lowest BCUT2D eigenvalue weighted by Crippen LogP contribution is -2.51. The van der Waals surface area contributed by atoms with E-state index < -0.39 is 6.04 Å². The summed E-state index contributed by atoms with van der Waals surface area (Å²) in [7, 11) is 0. The number of imide groups is 1. The van der Waals surface area contributed by atoms with Crippen LogP contribution in [-0.4, -0.2) is 89.3 Å². The summed E-state index contributed by atoms with van der Waals surface area (Å²) in [5, 5.41) is 13.0. The fourth-order valence-corrected chi connectivity index (χ4v) is 7.27. The van der Waals surface area contributed by atoms with Gasteiger partial charge >= 0.3 is 0 Å². The van der Waals surface area contributed by atoms with Crippen LogP contribution in [0.5, 0.6) is 0 Å². The van der Waals surface area contributed by atoms with E-state index in [0.29, 0.717) is 65.9 Å². The fourth-order valence-electron chi connectivity index (χ4n) is 6.91. The highest BCUT2D eigenvalue weighted by atomic mass is 35.5. The number of likely N-dealkylation sites (tertiary alicyclic amines) is 1. The number of carbonyl (C=O) groups excluding carboxylic acids is 3. The molecule has 3 aliphatic heterocycles. The van der Waals surface area contributed by atoms with E-state index in [0.717, 1.165) is 56.1 Å². The summed E-state index contributed by atoms with van der Waals surface area (Å²) in [5.41, 5.74) is 4.67. The van der Waals surface area contributed by atoms with Gasteiger partial charge in [-0.2, -0.15) is 4.98 Å². The van der Waals surface area contributed by atoms with Crippen LogP contribution in [0.4, 0.5) is 34.5 Å². The van der Waals surface area contributed by atoms with Gasteiger partial charge in [0.05, 0.1) is 23.5 Å². The van der Waals surface area contributed by atoms with Gasteiger partial charge in [-0.3, -0.25) is 24.6 Å². The number of anilines is 6. The Bertz CT molecular complexity index is 1900. The quantitative estimate of drug-likeness (QED) is 0.143. The molecular weight excluding hydrogens is 701 g/mol. The maximum absolute atomic E-state index is 13.3. The molecule has 14 heteroatoms. The van der Waals surface area contributed by atoms with Crippen molar-refractivity contribution in [1.29, 1.82) is 0 Å². The summed E-state index contributed by atoms with van der Waals surface area (Å²) < 4.78 is 0. The second kappa shape index (κ2) is 16.2. The Morgan fingerprint density at radius 3 is 2.29 bits per heavy atom. The number of nitrogens with one attached hydrogen (secondary N) is 4. The normalized spacial score (nSPS) is 18.5. The van der Waals surface area contributed by atoms with E-state index in [9.17, 15) is 14.4 Å². The number of nitrogens with zero attached hydrogens (tertiary/aromatic N) is 5. The minimum atomic E-state index is -0.393. The molecule has 3 saturated heterocycles. The third kappa shape index (κ3) is 8.75. The third-order valence-electron chi connectivity index (χ3n) is 9.89. The number of piperazine rings is 1. The van der Waals surface area contributed by atoms with Gasteiger partial charge < -0.3 is 25.8 Å². The van der Waals surface area contributed by atoms with E-state index >= 15 is 0 Å². The number of hydrogen-bond acceptors (Lipinski definition) is 10. The second-order valence-corrected chi connectivity index (χ2v) is 14.2. The predicted molar refractivity (Wildman–Crippen MR) is 205 cm³/mol. The number of benzene rings is 3. The molecule has 1 aromatic heterocycles. The van der Waals surface area contributed by atoms with Crippen LogP contribution in [-0.2, 0) is 14.4 Å². The van der Waals surface area contributed by atoms with Gasteiger partial charge in [0.2, 0.25) is 23.7 Å². The molecule has 3 fully saturated rings. The van der Waals surface area contributed by atoms with Crippen molar-refractivity contribution in [1.82, 2.24) is 25.1 Å². The van der Waals surface area contributed by atoms with Gasteiger partial charge in [0, 0.05) is 49.7 Å². The summed E-state index contributed by atoms with van der Waals surface area (Å²) in [6.07, 6.45) is 4.37. The molecule has 4 heterocycles. The molecule has 52 heavy (non-hydrogen) atoms. The smallest absolute Gasteiger partial charge is 0.249 e. The van der Waals surface area contributed by atoms with Gasteiger partial charge in [-0.1, -0.05) is 53.5 Å². The van der Waals surface area contributed by atoms with Gasteiger partial charge in [0.15, 0.2) is 5.82 Å². The highest BCUT2D eigenvalue weighted by Gasteiger charge is 2.28. The van der Waals surface area contributed by atoms with Crippen LogP contribution < -0.4 is 26.2 Å². The van der Waals surface area contributed by atoms with Crippen LogP contribution in [0, 0.1) is 0 Å². The number of piperidine rings is 2. The number of carbonyl (C=O) groups is 3. The van der Waals surface area contributed by atoms with Gasteiger partial charge in [0.25, 0.3) is 0 Å². The molecule has 0 bridgehead atoms. The number of rotatable bonds is 10. The summed E-state index contributed by atoms with van der Waals surface area (Å²) in [6, 6.07) is 23.3. The van der Waals surface area contributed by atoms with E-state index in [-0.39, 0.29) is 17.7 Å². The third-order valence-corrected chi connectivity index (χ3v) is 10.5. The first-order valence-electron chi connectivity index (χ1n) is 17.6. The number of hydrogen-bond donors (Lipinski definition) is 4. The summed E-state index contributed by atoms with van der Waals surface area (Å²) >= 11 is 13.0. The maximum atomic E-state index is 13.3. The minimum Gasteiger partial charge on any atom is -0.374 e. The van der Waals surface area contributed by atoms with E-state index in [2.05, 4.69) is 53.2 Å². The summed E-state index contributed by atoms with van der Waals surface area (Å²) in [4.78, 5) is 52.1. The summed E-state index contributed by atoms with van der Waals surface area (Å²) in [5.74, 6) is 0.964. The van der Waals surface area contributed by atoms with Crippen molar-refractivity contribution in [3.8, 4) is 0 Å². The fraction of sp³-hybridized carbons (Fsp3) is 0.342. The molecule has 270 valence electrons. The highest BCUT2D eigenvalue weighted by molar-refractivity contribution is 6.34. The van der Waals surface area contributed by atoms with Crippen LogP contribution >= 0.6 is 23.2 Å². The van der Waals surface area contributed by atoms with Crippen LogP contribution in [0.2, 0.25) is 10.0 Å².